The topological polar surface area (TPSA) is 6.48 Å². The molecular formula is C82H68N2. The van der Waals surface area contributed by atoms with Crippen molar-refractivity contribution in [2.24, 2.45) is 0 Å². The van der Waals surface area contributed by atoms with Gasteiger partial charge in [-0.25, -0.2) is 0 Å². The molecule has 0 aliphatic rings. The molecule has 2 heteroatoms. The van der Waals surface area contributed by atoms with Crippen molar-refractivity contribution in [2.45, 2.75) is 69.2 Å². The molecule has 0 bridgehead atoms. The predicted octanol–water partition coefficient (Wildman–Crippen LogP) is 23.6. The van der Waals surface area contributed by atoms with Crippen molar-refractivity contribution in [3.63, 3.8) is 0 Å². The monoisotopic (exact) mass is 1080 g/mol. The molecule has 406 valence electrons. The van der Waals surface area contributed by atoms with E-state index in [-0.39, 0.29) is 0 Å². The average molecular weight is 1080 g/mol. The van der Waals surface area contributed by atoms with Crippen LogP contribution in [0.3, 0.4) is 0 Å². The fourth-order valence-electron chi connectivity index (χ4n) is 13.3. The van der Waals surface area contributed by atoms with E-state index >= 15 is 0 Å². The van der Waals surface area contributed by atoms with E-state index in [2.05, 4.69) is 310 Å². The lowest BCUT2D eigenvalue weighted by Gasteiger charge is -2.30. The van der Waals surface area contributed by atoms with Gasteiger partial charge in [0.1, 0.15) is 0 Å². The molecule has 0 saturated carbocycles. The fourth-order valence-corrected chi connectivity index (χ4v) is 13.3. The standard InChI is InChI=1S/C82H68N2/c1-49-12-26-64(27-13-49)83(65-28-14-50(2)15-29-65)81-71-37-23-55(7)41-74(71)79(69-35-21-57(9)43-76(69)81)62-46-61(78-68-34-20-53(5)39-60(68)45-59-25-11-54(6)40-73(59)78)47-63(48-62)80-70-36-22-58(10)44-77(70)82(72-38-24-56(8)42-75(72)80)84(66-30-16-51(3)17-31-66)67-32-18-52(4)19-33-67/h11-48H,1-10H3. The Kier molecular flexibility index (Phi) is 12.8. The highest BCUT2D eigenvalue weighted by atomic mass is 15.2. The van der Waals surface area contributed by atoms with Crippen LogP contribution in [0.25, 0.3) is 98.0 Å². The Morgan fingerprint density at radius 1 is 0.179 bits per heavy atom. The fraction of sp³-hybridized carbons (Fsp3) is 0.122. The highest BCUT2D eigenvalue weighted by Gasteiger charge is 2.27. The number of fused-ring (bicyclic) bond motifs is 6. The van der Waals surface area contributed by atoms with Crippen LogP contribution in [0.4, 0.5) is 34.1 Å². The molecule has 2 nitrogen and oxygen atoms in total. The van der Waals surface area contributed by atoms with E-state index in [1.807, 2.05) is 0 Å². The Morgan fingerprint density at radius 3 is 0.821 bits per heavy atom. The number of hydrogen-bond donors (Lipinski definition) is 0. The van der Waals surface area contributed by atoms with Crippen LogP contribution >= 0.6 is 0 Å². The zero-order valence-corrected chi connectivity index (χ0v) is 49.8. The third kappa shape index (κ3) is 9.14. The molecule has 14 aromatic carbocycles. The van der Waals surface area contributed by atoms with Gasteiger partial charge in [-0.1, -0.05) is 201 Å². The summed E-state index contributed by atoms with van der Waals surface area (Å²) in [5, 5.41) is 14.6. The molecule has 14 aromatic rings. The first-order chi connectivity index (χ1) is 40.7. The van der Waals surface area contributed by atoms with Crippen molar-refractivity contribution in [3.8, 4) is 33.4 Å². The summed E-state index contributed by atoms with van der Waals surface area (Å²) in [5.41, 5.74) is 26.3. The molecule has 0 unspecified atom stereocenters. The summed E-state index contributed by atoms with van der Waals surface area (Å²) in [6, 6.07) is 88.6. The van der Waals surface area contributed by atoms with Gasteiger partial charge < -0.3 is 9.80 Å². The van der Waals surface area contributed by atoms with Crippen LogP contribution in [0.5, 0.6) is 0 Å². The van der Waals surface area contributed by atoms with Gasteiger partial charge in [0.15, 0.2) is 0 Å². The van der Waals surface area contributed by atoms with Crippen LogP contribution in [-0.2, 0) is 0 Å². The second-order valence-electron chi connectivity index (χ2n) is 24.2. The normalized spacial score (nSPS) is 11.7. The maximum Gasteiger partial charge on any atom is 0.0618 e. The smallest absolute Gasteiger partial charge is 0.0618 e. The SMILES string of the molecule is Cc1ccc(N(c2ccc(C)cc2)c2c3ccc(C)cc3c(-c3cc(-c4c5ccc(C)cc5cc5ccc(C)cc45)cc(-c4c5cc(C)ccc5c(N(c5ccc(C)cc5)c5ccc(C)cc5)c5cc(C)ccc45)c3)c3ccc(C)cc23)cc1. The summed E-state index contributed by atoms with van der Waals surface area (Å²) < 4.78 is 0. The van der Waals surface area contributed by atoms with Gasteiger partial charge in [-0.05, 0) is 231 Å². The first kappa shape index (κ1) is 52.3. The minimum Gasteiger partial charge on any atom is -0.309 e. The van der Waals surface area contributed by atoms with Crippen LogP contribution in [-0.4, -0.2) is 0 Å². The van der Waals surface area contributed by atoms with E-state index in [1.165, 1.54) is 165 Å². The first-order valence-corrected chi connectivity index (χ1v) is 29.6. The number of rotatable bonds is 9. The van der Waals surface area contributed by atoms with E-state index in [4.69, 9.17) is 0 Å². The summed E-state index contributed by atoms with van der Waals surface area (Å²) in [6.45, 7) is 22.1. The van der Waals surface area contributed by atoms with Gasteiger partial charge in [-0.3, -0.25) is 0 Å². The Bertz CT molecular complexity index is 4630. The lowest BCUT2D eigenvalue weighted by molar-refractivity contribution is 1.29. The van der Waals surface area contributed by atoms with Crippen molar-refractivity contribution in [1.82, 2.24) is 0 Å². The second kappa shape index (κ2) is 20.6. The van der Waals surface area contributed by atoms with Crippen LogP contribution in [0, 0.1) is 69.2 Å². The molecule has 0 heterocycles. The number of hydrogen-bond acceptors (Lipinski definition) is 2. The molecule has 0 aliphatic carbocycles. The Hall–Kier alpha value is -9.76. The van der Waals surface area contributed by atoms with E-state index in [0.29, 0.717) is 0 Å². The highest BCUT2D eigenvalue weighted by molar-refractivity contribution is 6.26. The van der Waals surface area contributed by atoms with Crippen molar-refractivity contribution in [3.05, 3.63) is 286 Å². The number of benzene rings is 14. The molecule has 0 N–H and O–H groups in total. The third-order valence-corrected chi connectivity index (χ3v) is 17.5. The van der Waals surface area contributed by atoms with Gasteiger partial charge in [-0.15, -0.1) is 0 Å². The summed E-state index contributed by atoms with van der Waals surface area (Å²) in [4.78, 5) is 4.99. The molecule has 14 rings (SSSR count). The van der Waals surface area contributed by atoms with E-state index in [1.54, 1.807) is 0 Å². The minimum atomic E-state index is 1.12. The van der Waals surface area contributed by atoms with Crippen molar-refractivity contribution >= 4 is 98.8 Å². The molecule has 0 amide bonds. The lowest BCUT2D eigenvalue weighted by atomic mass is 9.82. The average Bonchev–Trinajstić information content (AvgIpc) is 0.994. The van der Waals surface area contributed by atoms with Crippen LogP contribution in [0.15, 0.2) is 231 Å². The maximum atomic E-state index is 2.54. The molecule has 0 atom stereocenters. The van der Waals surface area contributed by atoms with Crippen molar-refractivity contribution < 1.29 is 0 Å². The molecule has 0 radical (unpaired) electrons. The third-order valence-electron chi connectivity index (χ3n) is 17.5. The molecule has 0 aliphatic heterocycles. The summed E-state index contributed by atoms with van der Waals surface area (Å²) in [7, 11) is 0. The van der Waals surface area contributed by atoms with Crippen LogP contribution in [0.2, 0.25) is 0 Å². The summed E-state index contributed by atoms with van der Waals surface area (Å²) >= 11 is 0. The largest absolute Gasteiger partial charge is 0.309 e. The van der Waals surface area contributed by atoms with Crippen molar-refractivity contribution in [2.75, 3.05) is 9.80 Å². The molecular weight excluding hydrogens is 1010 g/mol. The van der Waals surface area contributed by atoms with Gasteiger partial charge in [-0.2, -0.15) is 0 Å². The molecule has 0 aromatic heterocycles. The van der Waals surface area contributed by atoms with E-state index in [9.17, 15) is 0 Å². The molecule has 0 spiro atoms. The lowest BCUT2D eigenvalue weighted by Crippen LogP contribution is -2.12. The Balaban J connectivity index is 1.15. The first-order valence-electron chi connectivity index (χ1n) is 29.6. The van der Waals surface area contributed by atoms with Crippen LogP contribution < -0.4 is 9.80 Å². The highest BCUT2D eigenvalue weighted by Crippen LogP contribution is 2.53. The maximum absolute atomic E-state index is 2.54. The number of nitrogens with zero attached hydrogens (tertiary/aromatic N) is 2. The quantitative estimate of drug-likeness (QED) is 0.133. The van der Waals surface area contributed by atoms with Crippen molar-refractivity contribution in [1.29, 1.82) is 0 Å². The van der Waals surface area contributed by atoms with Gasteiger partial charge in [0.2, 0.25) is 0 Å². The van der Waals surface area contributed by atoms with Gasteiger partial charge >= 0.3 is 0 Å². The molecule has 0 saturated heterocycles. The van der Waals surface area contributed by atoms with E-state index < -0.39 is 0 Å². The Morgan fingerprint density at radius 2 is 0.452 bits per heavy atom. The van der Waals surface area contributed by atoms with Gasteiger partial charge in [0.25, 0.3) is 0 Å². The van der Waals surface area contributed by atoms with Crippen LogP contribution in [0.1, 0.15) is 55.6 Å². The van der Waals surface area contributed by atoms with Gasteiger partial charge in [0.05, 0.1) is 11.4 Å². The zero-order valence-electron chi connectivity index (χ0n) is 49.8. The second-order valence-corrected chi connectivity index (χ2v) is 24.2. The summed E-state index contributed by atoms with van der Waals surface area (Å²) in [6.07, 6.45) is 0. The predicted molar refractivity (Wildman–Crippen MR) is 365 cm³/mol. The minimum absolute atomic E-state index is 1.12. The zero-order chi connectivity index (χ0) is 57.7. The molecule has 0 fully saturated rings. The summed E-state index contributed by atoms with van der Waals surface area (Å²) in [5.74, 6) is 0. The van der Waals surface area contributed by atoms with E-state index in [0.717, 1.165) is 22.7 Å². The number of aryl methyl sites for hydroxylation is 10. The van der Waals surface area contributed by atoms with Gasteiger partial charge in [0, 0.05) is 44.3 Å². The number of anilines is 6. The molecule has 84 heavy (non-hydrogen) atoms. The Labute approximate surface area is 494 Å².